The Labute approximate surface area is 119 Å². The number of rotatable bonds is 3. The summed E-state index contributed by atoms with van der Waals surface area (Å²) in [4.78, 5) is 29.1. The van der Waals surface area contributed by atoms with Crippen molar-refractivity contribution < 1.29 is 19.8 Å². The van der Waals surface area contributed by atoms with Gasteiger partial charge in [0, 0.05) is 11.9 Å². The van der Waals surface area contributed by atoms with Crippen LogP contribution in [0.5, 0.6) is 5.75 Å². The lowest BCUT2D eigenvalue weighted by atomic mass is 10.2. The van der Waals surface area contributed by atoms with E-state index in [1.54, 1.807) is 0 Å². The van der Waals surface area contributed by atoms with Crippen molar-refractivity contribution in [3.05, 3.63) is 24.0 Å². The van der Waals surface area contributed by atoms with Gasteiger partial charge in [-0.25, -0.2) is 4.79 Å². The van der Waals surface area contributed by atoms with Crippen molar-refractivity contribution in [1.82, 2.24) is 9.88 Å². The van der Waals surface area contributed by atoms with Gasteiger partial charge in [-0.3, -0.25) is 9.78 Å². The molecule has 1 aromatic rings. The van der Waals surface area contributed by atoms with Gasteiger partial charge in [-0.15, -0.1) is 11.8 Å². The van der Waals surface area contributed by atoms with Crippen molar-refractivity contribution in [2.45, 2.75) is 24.3 Å². The molecule has 7 heteroatoms. The number of aromatic nitrogens is 1. The quantitative estimate of drug-likeness (QED) is 0.869. The Bertz CT molecular complexity index is 561. The summed E-state index contributed by atoms with van der Waals surface area (Å²) in [7, 11) is 0. The van der Waals surface area contributed by atoms with E-state index in [1.165, 1.54) is 35.1 Å². The number of carbonyl (C=O) groups is 2. The first-order valence-corrected chi connectivity index (χ1v) is 7.44. The summed E-state index contributed by atoms with van der Waals surface area (Å²) < 4.78 is 0. The van der Waals surface area contributed by atoms with Gasteiger partial charge in [-0.05, 0) is 24.8 Å². The molecule has 1 aromatic heterocycles. The van der Waals surface area contributed by atoms with E-state index >= 15 is 0 Å². The van der Waals surface area contributed by atoms with Gasteiger partial charge in [0.15, 0.2) is 0 Å². The minimum Gasteiger partial charge on any atom is -0.506 e. The van der Waals surface area contributed by atoms with Gasteiger partial charge in [0.1, 0.15) is 11.8 Å². The summed E-state index contributed by atoms with van der Waals surface area (Å²) in [6.07, 6.45) is 4.66. The van der Waals surface area contributed by atoms with E-state index in [1.807, 2.05) is 0 Å². The first kappa shape index (κ1) is 13.2. The second kappa shape index (κ2) is 4.97. The number of hydrogen-bond donors (Lipinski definition) is 2. The first-order chi connectivity index (χ1) is 9.58. The molecule has 0 bridgehead atoms. The molecule has 1 aliphatic heterocycles. The Balaban J connectivity index is 1.90. The molecule has 1 saturated carbocycles. The fraction of sp³-hybridized carbons (Fsp3) is 0.462. The topological polar surface area (TPSA) is 90.7 Å². The SMILES string of the molecule is O=C(O)C1CSC(C2CC2)N1C(=O)c1cncc(O)c1. The number of hydrogen-bond acceptors (Lipinski definition) is 5. The lowest BCUT2D eigenvalue weighted by Crippen LogP contribution is -2.46. The van der Waals surface area contributed by atoms with Gasteiger partial charge >= 0.3 is 5.97 Å². The number of aromatic hydroxyl groups is 1. The third-order valence-electron chi connectivity index (χ3n) is 3.55. The van der Waals surface area contributed by atoms with Crippen LogP contribution in [0.3, 0.4) is 0 Å². The minimum atomic E-state index is -0.984. The molecule has 2 fully saturated rings. The molecule has 1 amide bonds. The molecule has 2 aliphatic rings. The highest BCUT2D eigenvalue weighted by Crippen LogP contribution is 2.45. The monoisotopic (exact) mass is 294 g/mol. The number of amides is 1. The van der Waals surface area contributed by atoms with E-state index in [0.717, 1.165) is 12.8 Å². The normalized spacial score (nSPS) is 25.7. The van der Waals surface area contributed by atoms with Crippen LogP contribution >= 0.6 is 11.8 Å². The van der Waals surface area contributed by atoms with E-state index in [0.29, 0.717) is 11.7 Å². The van der Waals surface area contributed by atoms with Crippen LogP contribution in [0.1, 0.15) is 23.2 Å². The number of carbonyl (C=O) groups excluding carboxylic acids is 1. The lowest BCUT2D eigenvalue weighted by molar-refractivity contribution is -0.141. The van der Waals surface area contributed by atoms with Gasteiger partial charge in [0.05, 0.1) is 17.1 Å². The highest BCUT2D eigenvalue weighted by atomic mass is 32.2. The van der Waals surface area contributed by atoms with Crippen LogP contribution < -0.4 is 0 Å². The first-order valence-electron chi connectivity index (χ1n) is 6.39. The van der Waals surface area contributed by atoms with Crippen LogP contribution in [0.4, 0.5) is 0 Å². The lowest BCUT2D eigenvalue weighted by Gasteiger charge is -2.27. The van der Waals surface area contributed by atoms with E-state index in [2.05, 4.69) is 4.98 Å². The zero-order chi connectivity index (χ0) is 14.3. The van der Waals surface area contributed by atoms with Crippen molar-refractivity contribution in [3.8, 4) is 5.75 Å². The molecule has 2 unspecified atom stereocenters. The van der Waals surface area contributed by atoms with Gasteiger partial charge in [0.25, 0.3) is 5.91 Å². The zero-order valence-corrected chi connectivity index (χ0v) is 11.4. The minimum absolute atomic E-state index is 0.0778. The molecule has 1 saturated heterocycles. The fourth-order valence-electron chi connectivity index (χ4n) is 2.41. The van der Waals surface area contributed by atoms with Crippen LogP contribution in [-0.2, 0) is 4.79 Å². The molecule has 3 rings (SSSR count). The highest BCUT2D eigenvalue weighted by molar-refractivity contribution is 8.00. The summed E-state index contributed by atoms with van der Waals surface area (Å²) in [5.41, 5.74) is 0.226. The fourth-order valence-corrected chi connectivity index (χ4v) is 4.04. The van der Waals surface area contributed by atoms with Crippen LogP contribution in [0.15, 0.2) is 18.5 Å². The molecule has 6 nitrogen and oxygen atoms in total. The van der Waals surface area contributed by atoms with Crippen LogP contribution in [0.2, 0.25) is 0 Å². The number of nitrogens with zero attached hydrogens (tertiary/aromatic N) is 2. The number of carboxylic acids is 1. The van der Waals surface area contributed by atoms with E-state index in [-0.39, 0.29) is 22.6 Å². The number of pyridine rings is 1. The van der Waals surface area contributed by atoms with E-state index in [4.69, 9.17) is 0 Å². The Hall–Kier alpha value is -1.76. The third kappa shape index (κ3) is 2.33. The van der Waals surface area contributed by atoms with Crippen molar-refractivity contribution in [2.75, 3.05) is 5.75 Å². The van der Waals surface area contributed by atoms with Crippen LogP contribution in [0.25, 0.3) is 0 Å². The van der Waals surface area contributed by atoms with Crippen molar-refractivity contribution in [2.24, 2.45) is 5.92 Å². The average molecular weight is 294 g/mol. The van der Waals surface area contributed by atoms with Gasteiger partial charge in [0.2, 0.25) is 0 Å². The van der Waals surface area contributed by atoms with Gasteiger partial charge in [-0.1, -0.05) is 0 Å². The van der Waals surface area contributed by atoms with Crippen LogP contribution in [-0.4, -0.2) is 49.1 Å². The largest absolute Gasteiger partial charge is 0.506 e. The second-order valence-corrected chi connectivity index (χ2v) is 6.21. The molecule has 2 N–H and O–H groups in total. The Morgan fingerprint density at radius 2 is 2.10 bits per heavy atom. The molecule has 2 heterocycles. The summed E-state index contributed by atoms with van der Waals surface area (Å²) >= 11 is 1.53. The molecule has 20 heavy (non-hydrogen) atoms. The number of aliphatic carboxylic acids is 1. The number of thioether (sulfide) groups is 1. The predicted molar refractivity (Wildman–Crippen MR) is 72.5 cm³/mol. The predicted octanol–water partition coefficient (Wildman–Crippen LogP) is 1.17. The highest BCUT2D eigenvalue weighted by Gasteiger charge is 2.48. The van der Waals surface area contributed by atoms with Crippen molar-refractivity contribution in [1.29, 1.82) is 0 Å². The maximum Gasteiger partial charge on any atom is 0.327 e. The molecule has 106 valence electrons. The summed E-state index contributed by atoms with van der Waals surface area (Å²) in [5.74, 6) is -0.657. The van der Waals surface area contributed by atoms with Gasteiger partial charge in [-0.2, -0.15) is 0 Å². The molecular weight excluding hydrogens is 280 g/mol. The Kier molecular flexibility index (Phi) is 3.29. The molecule has 0 radical (unpaired) electrons. The van der Waals surface area contributed by atoms with Crippen LogP contribution in [0, 0.1) is 5.92 Å². The van der Waals surface area contributed by atoms with E-state index in [9.17, 15) is 19.8 Å². The third-order valence-corrected chi connectivity index (χ3v) is 5.01. The smallest absolute Gasteiger partial charge is 0.327 e. The summed E-state index contributed by atoms with van der Waals surface area (Å²) in [6.45, 7) is 0. The summed E-state index contributed by atoms with van der Waals surface area (Å²) in [5, 5.41) is 18.6. The molecule has 2 atom stereocenters. The maximum absolute atomic E-state index is 12.6. The zero-order valence-electron chi connectivity index (χ0n) is 10.6. The standard InChI is InChI=1S/C13H14N2O4S/c16-9-3-8(4-14-5-9)11(17)15-10(13(18)19)6-20-12(15)7-1-2-7/h3-5,7,10,12,16H,1-2,6H2,(H,18,19). The Morgan fingerprint density at radius 3 is 2.70 bits per heavy atom. The second-order valence-electron chi connectivity index (χ2n) is 5.06. The van der Waals surface area contributed by atoms with Crippen molar-refractivity contribution >= 4 is 23.6 Å². The van der Waals surface area contributed by atoms with Crippen molar-refractivity contribution in [3.63, 3.8) is 0 Å². The average Bonchev–Trinajstić information content (AvgIpc) is 3.16. The Morgan fingerprint density at radius 1 is 1.35 bits per heavy atom. The molecule has 0 spiro atoms. The molecule has 0 aromatic carbocycles. The summed E-state index contributed by atoms with van der Waals surface area (Å²) in [6, 6.07) is 0.515. The number of carboxylic acid groups (broad SMARTS) is 1. The molecular formula is C13H14N2O4S. The van der Waals surface area contributed by atoms with E-state index < -0.39 is 12.0 Å². The maximum atomic E-state index is 12.6. The van der Waals surface area contributed by atoms with Gasteiger partial charge < -0.3 is 15.1 Å². The molecule has 1 aliphatic carbocycles.